The second-order valence-corrected chi connectivity index (χ2v) is 10.6. The Hall–Kier alpha value is -1.99. The highest BCUT2D eigenvalue weighted by Crippen LogP contribution is 2.55. The molecule has 28 heavy (non-hydrogen) atoms. The molecule has 3 rings (SSSR count). The monoisotopic (exact) mass is 393 g/mol. The molecule has 146 valence electrons. The van der Waals surface area contributed by atoms with E-state index >= 15 is 0 Å². The van der Waals surface area contributed by atoms with Gasteiger partial charge in [-0.05, 0) is 55.7 Å². The summed E-state index contributed by atoms with van der Waals surface area (Å²) in [5.41, 5.74) is 0. The number of methoxy groups -OCH3 is 2. The molecule has 3 heteroatoms. The van der Waals surface area contributed by atoms with Gasteiger partial charge >= 0.3 is 0 Å². The summed E-state index contributed by atoms with van der Waals surface area (Å²) in [5, 5.41) is 4.34. The van der Waals surface area contributed by atoms with Gasteiger partial charge in [-0.15, -0.1) is 0 Å². The van der Waals surface area contributed by atoms with Gasteiger partial charge in [-0.1, -0.05) is 54.6 Å². The van der Waals surface area contributed by atoms with Crippen LogP contribution >= 0.6 is 7.26 Å². The Morgan fingerprint density at radius 2 is 1.00 bits per heavy atom. The fourth-order valence-corrected chi connectivity index (χ4v) is 8.28. The van der Waals surface area contributed by atoms with Crippen LogP contribution in [-0.2, 0) is 9.47 Å². The van der Waals surface area contributed by atoms with E-state index in [2.05, 4.69) is 91.0 Å². The first-order valence-corrected chi connectivity index (χ1v) is 11.9. The van der Waals surface area contributed by atoms with Crippen LogP contribution in [0.25, 0.3) is 0 Å². The minimum atomic E-state index is -1.71. The van der Waals surface area contributed by atoms with Gasteiger partial charge in [-0.3, -0.25) is 0 Å². The molecule has 0 aliphatic heterocycles. The maximum Gasteiger partial charge on any atom is 0.156 e. The molecule has 3 aromatic rings. The lowest BCUT2D eigenvalue weighted by molar-refractivity contribution is -0.106. The minimum absolute atomic E-state index is 0.113. The summed E-state index contributed by atoms with van der Waals surface area (Å²) in [4.78, 5) is 0. The normalized spacial score (nSPS) is 11.7. The molecule has 0 unspecified atom stereocenters. The van der Waals surface area contributed by atoms with Crippen molar-refractivity contribution in [2.45, 2.75) is 25.6 Å². The van der Waals surface area contributed by atoms with Gasteiger partial charge in [0.2, 0.25) is 0 Å². The van der Waals surface area contributed by atoms with Gasteiger partial charge in [0, 0.05) is 14.2 Å². The van der Waals surface area contributed by atoms with Crippen LogP contribution in [0.1, 0.15) is 19.3 Å². The minimum Gasteiger partial charge on any atom is -0.356 e. The summed E-state index contributed by atoms with van der Waals surface area (Å²) >= 11 is 0. The van der Waals surface area contributed by atoms with Crippen LogP contribution < -0.4 is 15.9 Å². The third-order valence-corrected chi connectivity index (χ3v) is 9.83. The maximum atomic E-state index is 5.37. The van der Waals surface area contributed by atoms with E-state index in [1.54, 1.807) is 14.2 Å². The van der Waals surface area contributed by atoms with Crippen LogP contribution in [0.2, 0.25) is 0 Å². The fourth-order valence-electron chi connectivity index (χ4n) is 3.87. The third-order valence-electron chi connectivity index (χ3n) is 5.30. The lowest BCUT2D eigenvalue weighted by Crippen LogP contribution is -2.33. The van der Waals surface area contributed by atoms with Crippen molar-refractivity contribution in [3.8, 4) is 0 Å². The SMILES string of the molecule is COC(CCCC[P+](c1ccccc1)(c1ccccc1)c1ccccc1)OC. The summed E-state index contributed by atoms with van der Waals surface area (Å²) in [7, 11) is 1.71. The molecular formula is C25H30O2P+. The van der Waals surface area contributed by atoms with E-state index in [9.17, 15) is 0 Å². The van der Waals surface area contributed by atoms with Crippen molar-refractivity contribution in [3.05, 3.63) is 91.0 Å². The quantitative estimate of drug-likeness (QED) is 0.281. The second-order valence-electron chi connectivity index (χ2n) is 6.94. The summed E-state index contributed by atoms with van der Waals surface area (Å²) in [5.74, 6) is 0. The molecule has 2 nitrogen and oxygen atoms in total. The standard InChI is InChI=1S/C25H30O2P/c1-26-25(27-2)20-12-13-21-28(22-14-6-3-7-15-22,23-16-8-4-9-17-23)24-18-10-5-11-19-24/h3-11,14-19,25H,12-13,20-21H2,1-2H3/q+1. The topological polar surface area (TPSA) is 18.5 Å². The van der Waals surface area contributed by atoms with Crippen molar-refractivity contribution in [1.29, 1.82) is 0 Å². The molecule has 0 saturated carbocycles. The Kier molecular flexibility index (Phi) is 7.80. The number of hydrogen-bond donors (Lipinski definition) is 0. The lowest BCUT2D eigenvalue weighted by Gasteiger charge is -2.28. The van der Waals surface area contributed by atoms with Crippen molar-refractivity contribution in [3.63, 3.8) is 0 Å². The zero-order valence-corrected chi connectivity index (χ0v) is 17.7. The first-order valence-electron chi connectivity index (χ1n) is 9.92. The van der Waals surface area contributed by atoms with Gasteiger partial charge < -0.3 is 9.47 Å². The summed E-state index contributed by atoms with van der Waals surface area (Å²) in [6.07, 6.45) is 4.17. The molecule has 0 spiro atoms. The van der Waals surface area contributed by atoms with Crippen molar-refractivity contribution >= 4 is 23.2 Å². The van der Waals surface area contributed by atoms with Gasteiger partial charge in [-0.2, -0.15) is 0 Å². The smallest absolute Gasteiger partial charge is 0.156 e. The van der Waals surface area contributed by atoms with E-state index in [1.807, 2.05) is 0 Å². The summed E-state index contributed by atoms with van der Waals surface area (Å²) < 4.78 is 10.7. The van der Waals surface area contributed by atoms with Crippen LogP contribution in [0.15, 0.2) is 91.0 Å². The molecule has 0 fully saturated rings. The first-order chi connectivity index (χ1) is 13.8. The Bertz CT molecular complexity index is 705. The molecule has 0 aromatic heterocycles. The van der Waals surface area contributed by atoms with Crippen LogP contribution in [0.3, 0.4) is 0 Å². The molecule has 0 radical (unpaired) electrons. The average molecular weight is 393 g/mol. The zero-order chi connectivity index (χ0) is 19.7. The molecule has 3 aromatic carbocycles. The molecule has 0 saturated heterocycles. The summed E-state index contributed by atoms with van der Waals surface area (Å²) in [6, 6.07) is 33.2. The van der Waals surface area contributed by atoms with E-state index in [0.29, 0.717) is 0 Å². The lowest BCUT2D eigenvalue weighted by atomic mass is 10.2. The molecule has 0 heterocycles. The highest BCUT2D eigenvalue weighted by atomic mass is 31.2. The highest BCUT2D eigenvalue weighted by molar-refractivity contribution is 7.95. The van der Waals surface area contributed by atoms with E-state index in [4.69, 9.17) is 9.47 Å². The van der Waals surface area contributed by atoms with Crippen LogP contribution in [0.4, 0.5) is 0 Å². The largest absolute Gasteiger partial charge is 0.356 e. The predicted molar refractivity (Wildman–Crippen MR) is 122 cm³/mol. The fraction of sp³-hybridized carbons (Fsp3) is 0.280. The Morgan fingerprint density at radius 3 is 1.36 bits per heavy atom. The van der Waals surface area contributed by atoms with E-state index < -0.39 is 7.26 Å². The zero-order valence-electron chi connectivity index (χ0n) is 16.8. The summed E-state index contributed by atoms with van der Waals surface area (Å²) in [6.45, 7) is 0. The van der Waals surface area contributed by atoms with Crippen LogP contribution in [0.5, 0.6) is 0 Å². The Labute approximate surface area is 169 Å². The molecular weight excluding hydrogens is 363 g/mol. The van der Waals surface area contributed by atoms with Gasteiger partial charge in [0.1, 0.15) is 23.2 Å². The maximum absolute atomic E-state index is 5.37. The molecule has 0 aliphatic rings. The van der Waals surface area contributed by atoms with Crippen molar-refractivity contribution in [2.75, 3.05) is 20.4 Å². The Balaban J connectivity index is 1.99. The molecule has 0 bridgehead atoms. The number of benzene rings is 3. The number of ether oxygens (including phenoxy) is 2. The number of hydrogen-bond acceptors (Lipinski definition) is 2. The molecule has 0 aliphatic carbocycles. The first kappa shape index (κ1) is 20.7. The number of unbranched alkanes of at least 4 members (excludes halogenated alkanes) is 1. The third kappa shape index (κ3) is 4.70. The highest BCUT2D eigenvalue weighted by Gasteiger charge is 2.44. The van der Waals surface area contributed by atoms with E-state index in [-0.39, 0.29) is 6.29 Å². The van der Waals surface area contributed by atoms with Crippen LogP contribution in [-0.4, -0.2) is 26.7 Å². The van der Waals surface area contributed by atoms with Crippen molar-refractivity contribution in [1.82, 2.24) is 0 Å². The average Bonchev–Trinajstić information content (AvgIpc) is 2.78. The molecule has 0 atom stereocenters. The Morgan fingerprint density at radius 1 is 0.607 bits per heavy atom. The number of rotatable bonds is 10. The molecule has 0 amide bonds. The van der Waals surface area contributed by atoms with Gasteiger partial charge in [0.15, 0.2) is 6.29 Å². The van der Waals surface area contributed by atoms with E-state index in [1.165, 1.54) is 15.9 Å². The van der Waals surface area contributed by atoms with Gasteiger partial charge in [0.25, 0.3) is 0 Å². The molecule has 0 N–H and O–H groups in total. The predicted octanol–water partition coefficient (Wildman–Crippen LogP) is 4.77. The second kappa shape index (κ2) is 10.5. The van der Waals surface area contributed by atoms with E-state index in [0.717, 1.165) is 25.4 Å². The van der Waals surface area contributed by atoms with Crippen LogP contribution in [0, 0.1) is 0 Å². The van der Waals surface area contributed by atoms with Crippen molar-refractivity contribution < 1.29 is 9.47 Å². The van der Waals surface area contributed by atoms with Gasteiger partial charge in [-0.25, -0.2) is 0 Å². The van der Waals surface area contributed by atoms with Gasteiger partial charge in [0.05, 0.1) is 6.16 Å². The van der Waals surface area contributed by atoms with Crippen molar-refractivity contribution in [2.24, 2.45) is 0 Å².